The molecule has 1 fully saturated rings. The summed E-state index contributed by atoms with van der Waals surface area (Å²) in [4.78, 5) is 2.41. The van der Waals surface area contributed by atoms with Gasteiger partial charge >= 0.3 is 0 Å². The van der Waals surface area contributed by atoms with E-state index in [1.54, 1.807) is 0 Å². The average molecular weight is 219 g/mol. The Morgan fingerprint density at radius 1 is 1.38 bits per heavy atom. The second kappa shape index (κ2) is 4.56. The lowest BCUT2D eigenvalue weighted by molar-refractivity contribution is 0.0113. The molecular formula is C14H21NO. The van der Waals surface area contributed by atoms with Gasteiger partial charge in [0.05, 0.1) is 6.10 Å². The third-order valence-electron chi connectivity index (χ3n) is 3.95. The van der Waals surface area contributed by atoms with Crippen molar-refractivity contribution >= 4 is 0 Å². The Morgan fingerprint density at radius 3 is 2.69 bits per heavy atom. The van der Waals surface area contributed by atoms with Crippen LogP contribution in [0.5, 0.6) is 0 Å². The SMILES string of the molecule is C[C@@H](O)[C@@]1(C)CCCN1Cc1ccccc1. The van der Waals surface area contributed by atoms with Crippen LogP contribution in [0.3, 0.4) is 0 Å². The minimum atomic E-state index is -0.265. The summed E-state index contributed by atoms with van der Waals surface area (Å²) in [6.45, 7) is 6.12. The van der Waals surface area contributed by atoms with Gasteiger partial charge in [-0.3, -0.25) is 4.90 Å². The lowest BCUT2D eigenvalue weighted by Crippen LogP contribution is -2.48. The maximum atomic E-state index is 9.92. The van der Waals surface area contributed by atoms with Gasteiger partial charge in [-0.1, -0.05) is 30.3 Å². The molecule has 1 aliphatic rings. The number of rotatable bonds is 3. The zero-order valence-electron chi connectivity index (χ0n) is 10.2. The van der Waals surface area contributed by atoms with Crippen molar-refractivity contribution in [3.05, 3.63) is 35.9 Å². The molecule has 1 aromatic rings. The number of benzene rings is 1. The average Bonchev–Trinajstić information content (AvgIpc) is 2.63. The summed E-state index contributed by atoms with van der Waals surface area (Å²) in [6.07, 6.45) is 2.02. The highest BCUT2D eigenvalue weighted by Gasteiger charge is 2.40. The molecule has 0 aliphatic carbocycles. The van der Waals surface area contributed by atoms with Crippen LogP contribution in [-0.2, 0) is 6.54 Å². The number of nitrogens with zero attached hydrogens (tertiary/aromatic N) is 1. The van der Waals surface area contributed by atoms with Gasteiger partial charge in [0.2, 0.25) is 0 Å². The predicted octanol–water partition coefficient (Wildman–Crippen LogP) is 2.42. The Labute approximate surface area is 97.9 Å². The number of aliphatic hydroxyl groups is 1. The van der Waals surface area contributed by atoms with Gasteiger partial charge in [0.15, 0.2) is 0 Å². The zero-order chi connectivity index (χ0) is 11.6. The van der Waals surface area contributed by atoms with E-state index in [-0.39, 0.29) is 11.6 Å². The van der Waals surface area contributed by atoms with Gasteiger partial charge < -0.3 is 5.11 Å². The first-order valence-corrected chi connectivity index (χ1v) is 6.10. The fourth-order valence-electron chi connectivity index (χ4n) is 2.58. The van der Waals surface area contributed by atoms with Gasteiger partial charge in [0.1, 0.15) is 0 Å². The Balaban J connectivity index is 2.10. The molecular weight excluding hydrogens is 198 g/mol. The third kappa shape index (κ3) is 2.13. The molecule has 0 spiro atoms. The maximum Gasteiger partial charge on any atom is 0.0693 e. The Hall–Kier alpha value is -0.860. The van der Waals surface area contributed by atoms with Crippen LogP contribution in [0.25, 0.3) is 0 Å². The van der Waals surface area contributed by atoms with Crippen molar-refractivity contribution in [3.63, 3.8) is 0 Å². The van der Waals surface area contributed by atoms with E-state index in [1.807, 2.05) is 13.0 Å². The summed E-state index contributed by atoms with van der Waals surface area (Å²) in [7, 11) is 0. The molecule has 0 aromatic heterocycles. The van der Waals surface area contributed by atoms with Gasteiger partial charge in [-0.2, -0.15) is 0 Å². The van der Waals surface area contributed by atoms with Gasteiger partial charge in [0.25, 0.3) is 0 Å². The van der Waals surface area contributed by atoms with Gasteiger partial charge in [0, 0.05) is 12.1 Å². The van der Waals surface area contributed by atoms with Crippen LogP contribution in [0, 0.1) is 0 Å². The van der Waals surface area contributed by atoms with Crippen LogP contribution < -0.4 is 0 Å². The number of hydrogen-bond donors (Lipinski definition) is 1. The Bertz CT molecular complexity index is 336. The number of hydrogen-bond acceptors (Lipinski definition) is 2. The summed E-state index contributed by atoms with van der Waals surface area (Å²) >= 11 is 0. The molecule has 0 amide bonds. The molecule has 88 valence electrons. The molecule has 2 rings (SSSR count). The number of likely N-dealkylation sites (tertiary alicyclic amines) is 1. The lowest BCUT2D eigenvalue weighted by Gasteiger charge is -2.37. The van der Waals surface area contributed by atoms with E-state index < -0.39 is 0 Å². The van der Waals surface area contributed by atoms with Crippen LogP contribution >= 0.6 is 0 Å². The van der Waals surface area contributed by atoms with E-state index in [4.69, 9.17) is 0 Å². The van der Waals surface area contributed by atoms with Crippen molar-refractivity contribution in [2.45, 2.75) is 44.9 Å². The highest BCUT2D eigenvalue weighted by Crippen LogP contribution is 2.33. The van der Waals surface area contributed by atoms with Crippen molar-refractivity contribution in [2.24, 2.45) is 0 Å². The van der Waals surface area contributed by atoms with Crippen LogP contribution in [0.1, 0.15) is 32.3 Å². The first-order chi connectivity index (χ1) is 7.63. The molecule has 1 N–H and O–H groups in total. The highest BCUT2D eigenvalue weighted by atomic mass is 16.3. The molecule has 0 saturated carbocycles. The smallest absolute Gasteiger partial charge is 0.0693 e. The molecule has 2 nitrogen and oxygen atoms in total. The van der Waals surface area contributed by atoms with E-state index >= 15 is 0 Å². The second-order valence-electron chi connectivity index (χ2n) is 5.04. The summed E-state index contributed by atoms with van der Waals surface area (Å²) in [5, 5.41) is 9.92. The summed E-state index contributed by atoms with van der Waals surface area (Å²) in [5.41, 5.74) is 1.28. The maximum absolute atomic E-state index is 9.92. The molecule has 2 atom stereocenters. The van der Waals surface area contributed by atoms with E-state index in [2.05, 4.69) is 36.1 Å². The van der Waals surface area contributed by atoms with Crippen molar-refractivity contribution in [2.75, 3.05) is 6.54 Å². The minimum absolute atomic E-state index is 0.0458. The van der Waals surface area contributed by atoms with E-state index in [1.165, 1.54) is 12.0 Å². The molecule has 1 aromatic carbocycles. The van der Waals surface area contributed by atoms with Crippen LogP contribution in [-0.4, -0.2) is 28.2 Å². The minimum Gasteiger partial charge on any atom is -0.391 e. The monoisotopic (exact) mass is 219 g/mol. The highest BCUT2D eigenvalue weighted by molar-refractivity contribution is 5.15. The first kappa shape index (κ1) is 11.6. The van der Waals surface area contributed by atoms with Gasteiger partial charge in [-0.15, -0.1) is 0 Å². The molecule has 2 heteroatoms. The predicted molar refractivity (Wildman–Crippen MR) is 66.2 cm³/mol. The molecule has 0 radical (unpaired) electrons. The van der Waals surface area contributed by atoms with Gasteiger partial charge in [-0.05, 0) is 38.8 Å². The summed E-state index contributed by atoms with van der Waals surface area (Å²) in [6, 6.07) is 10.5. The standard InChI is InChI=1S/C14H21NO/c1-12(16)14(2)9-6-10-15(14)11-13-7-4-3-5-8-13/h3-5,7-8,12,16H,6,9-11H2,1-2H3/t12-,14-/m1/s1. The summed E-state index contributed by atoms with van der Waals surface area (Å²) in [5.74, 6) is 0. The van der Waals surface area contributed by atoms with Crippen LogP contribution in [0.2, 0.25) is 0 Å². The zero-order valence-corrected chi connectivity index (χ0v) is 10.2. The normalized spacial score (nSPS) is 28.2. The lowest BCUT2D eigenvalue weighted by atomic mass is 9.92. The second-order valence-corrected chi connectivity index (χ2v) is 5.04. The third-order valence-corrected chi connectivity index (χ3v) is 3.95. The van der Waals surface area contributed by atoms with Crippen LogP contribution in [0.15, 0.2) is 30.3 Å². The fourth-order valence-corrected chi connectivity index (χ4v) is 2.58. The number of aliphatic hydroxyl groups excluding tert-OH is 1. The van der Waals surface area contributed by atoms with E-state index in [0.717, 1.165) is 19.5 Å². The van der Waals surface area contributed by atoms with Crippen molar-refractivity contribution in [3.8, 4) is 0 Å². The molecule has 16 heavy (non-hydrogen) atoms. The molecule has 1 aliphatic heterocycles. The van der Waals surface area contributed by atoms with Crippen molar-refractivity contribution in [1.82, 2.24) is 4.90 Å². The molecule has 0 unspecified atom stereocenters. The fraction of sp³-hybridized carbons (Fsp3) is 0.571. The Kier molecular flexibility index (Phi) is 3.31. The first-order valence-electron chi connectivity index (χ1n) is 6.10. The topological polar surface area (TPSA) is 23.5 Å². The van der Waals surface area contributed by atoms with Crippen molar-refractivity contribution in [1.29, 1.82) is 0 Å². The van der Waals surface area contributed by atoms with Gasteiger partial charge in [-0.25, -0.2) is 0 Å². The quantitative estimate of drug-likeness (QED) is 0.844. The molecule has 1 saturated heterocycles. The van der Waals surface area contributed by atoms with E-state index in [0.29, 0.717) is 0 Å². The molecule has 0 bridgehead atoms. The largest absolute Gasteiger partial charge is 0.391 e. The molecule has 1 heterocycles. The van der Waals surface area contributed by atoms with E-state index in [9.17, 15) is 5.11 Å². The van der Waals surface area contributed by atoms with Crippen molar-refractivity contribution < 1.29 is 5.11 Å². The van der Waals surface area contributed by atoms with Crippen LogP contribution in [0.4, 0.5) is 0 Å². The summed E-state index contributed by atoms with van der Waals surface area (Å²) < 4.78 is 0. The Morgan fingerprint density at radius 2 is 2.06 bits per heavy atom.